The molecule has 3 heterocycles. The third kappa shape index (κ3) is 6.07. The van der Waals surface area contributed by atoms with E-state index in [2.05, 4.69) is 20.6 Å². The van der Waals surface area contributed by atoms with Crippen molar-refractivity contribution in [3.8, 4) is 0 Å². The van der Waals surface area contributed by atoms with Gasteiger partial charge in [0.2, 0.25) is 11.8 Å². The molecule has 0 saturated carbocycles. The van der Waals surface area contributed by atoms with E-state index in [1.807, 2.05) is 0 Å². The topological polar surface area (TPSA) is 172 Å². The average molecular weight is 585 g/mol. The molecule has 0 atom stereocenters. The first kappa shape index (κ1) is 28.6. The molecule has 0 aliphatic heterocycles. The lowest BCUT2D eigenvalue weighted by Gasteiger charge is -2.12. The SMILES string of the molecule is Cn1c(NC(=O)CSc2nc3ccccc3nc2SCC(=O)Nc2cc(=O)n(C)c(=O)n2C)cc(=O)n(C)c1=O. The van der Waals surface area contributed by atoms with Crippen LogP contribution in [0.3, 0.4) is 0 Å². The molecule has 0 bridgehead atoms. The molecular weight excluding hydrogens is 560 g/mol. The van der Waals surface area contributed by atoms with E-state index in [1.54, 1.807) is 24.3 Å². The number of rotatable bonds is 8. The molecule has 0 aliphatic rings. The van der Waals surface area contributed by atoms with Gasteiger partial charge in [0.15, 0.2) is 0 Å². The van der Waals surface area contributed by atoms with Gasteiger partial charge < -0.3 is 10.6 Å². The van der Waals surface area contributed by atoms with Crippen molar-refractivity contribution in [2.45, 2.75) is 10.1 Å². The Morgan fingerprint density at radius 2 is 1.05 bits per heavy atom. The van der Waals surface area contributed by atoms with Crippen LogP contribution >= 0.6 is 23.5 Å². The summed E-state index contributed by atoms with van der Waals surface area (Å²) in [6, 6.07) is 9.42. The number of anilines is 2. The van der Waals surface area contributed by atoms with E-state index in [9.17, 15) is 28.8 Å². The first-order valence-corrected chi connectivity index (χ1v) is 13.6. The normalized spacial score (nSPS) is 11.0. The third-order valence-corrected chi connectivity index (χ3v) is 7.83. The van der Waals surface area contributed by atoms with Crippen LogP contribution in [0.1, 0.15) is 0 Å². The van der Waals surface area contributed by atoms with Crippen LogP contribution in [0, 0.1) is 0 Å². The lowest BCUT2D eigenvalue weighted by Crippen LogP contribution is -2.38. The minimum atomic E-state index is -0.580. The summed E-state index contributed by atoms with van der Waals surface area (Å²) in [6.45, 7) is 0. The van der Waals surface area contributed by atoms with Gasteiger partial charge in [-0.05, 0) is 12.1 Å². The van der Waals surface area contributed by atoms with Gasteiger partial charge in [-0.25, -0.2) is 19.6 Å². The number of carbonyl (C=O) groups excluding carboxylic acids is 2. The Morgan fingerprint density at radius 3 is 1.43 bits per heavy atom. The number of benzene rings is 1. The Bertz CT molecular complexity index is 1760. The van der Waals surface area contributed by atoms with Crippen molar-refractivity contribution < 1.29 is 9.59 Å². The van der Waals surface area contributed by atoms with Gasteiger partial charge in [0.1, 0.15) is 21.7 Å². The largest absolute Gasteiger partial charge is 0.332 e. The second-order valence-electron chi connectivity index (χ2n) is 8.53. The molecule has 4 aromatic rings. The highest BCUT2D eigenvalue weighted by Gasteiger charge is 2.16. The van der Waals surface area contributed by atoms with Crippen LogP contribution in [0.15, 0.2) is 65.6 Å². The van der Waals surface area contributed by atoms with Crippen molar-refractivity contribution >= 4 is 58.0 Å². The van der Waals surface area contributed by atoms with E-state index in [1.165, 1.54) is 28.2 Å². The van der Waals surface area contributed by atoms with Crippen molar-refractivity contribution in [3.63, 3.8) is 0 Å². The number of hydrogen-bond acceptors (Lipinski definition) is 10. The minimum absolute atomic E-state index is 0.0553. The predicted molar refractivity (Wildman–Crippen MR) is 152 cm³/mol. The van der Waals surface area contributed by atoms with Crippen LogP contribution < -0.4 is 33.1 Å². The number of nitrogens with one attached hydrogen (secondary N) is 2. The predicted octanol–water partition coefficient (Wildman–Crippen LogP) is -0.114. The fourth-order valence-electron chi connectivity index (χ4n) is 3.49. The zero-order valence-corrected chi connectivity index (χ0v) is 23.5. The molecule has 0 unspecified atom stereocenters. The molecule has 4 rings (SSSR count). The molecule has 1 aromatic carbocycles. The van der Waals surface area contributed by atoms with Crippen LogP contribution in [0.5, 0.6) is 0 Å². The third-order valence-electron chi connectivity index (χ3n) is 5.78. The molecule has 2 amide bonds. The molecule has 0 saturated heterocycles. The van der Waals surface area contributed by atoms with E-state index in [0.717, 1.165) is 53.9 Å². The number of amides is 2. The first-order valence-electron chi connectivity index (χ1n) is 11.6. The van der Waals surface area contributed by atoms with Crippen LogP contribution in [-0.2, 0) is 37.8 Å². The standard InChI is InChI=1S/C24H24N8O6S2/c1-29-15(9-19(35)31(3)23(29)37)27-17(33)11-39-21-22(26-14-8-6-5-7-13(14)25-21)40-12-18(34)28-16-10-20(36)32(4)24(38)30(16)2/h5-10H,11-12H2,1-4H3,(H,27,33)(H,28,34). The maximum Gasteiger partial charge on any atom is 0.332 e. The molecule has 40 heavy (non-hydrogen) atoms. The Hall–Kier alpha value is -4.44. The summed E-state index contributed by atoms with van der Waals surface area (Å²) in [7, 11) is 5.55. The highest BCUT2D eigenvalue weighted by atomic mass is 32.2. The second kappa shape index (κ2) is 11.7. The monoisotopic (exact) mass is 584 g/mol. The lowest BCUT2D eigenvalue weighted by molar-refractivity contribution is -0.114. The first-order chi connectivity index (χ1) is 19.0. The molecule has 3 aromatic heterocycles. The average Bonchev–Trinajstić information content (AvgIpc) is 2.93. The molecule has 0 fully saturated rings. The lowest BCUT2D eigenvalue weighted by atomic mass is 10.3. The van der Waals surface area contributed by atoms with E-state index in [-0.39, 0.29) is 23.1 Å². The number of fused-ring (bicyclic) bond motifs is 1. The van der Waals surface area contributed by atoms with Gasteiger partial charge in [0.25, 0.3) is 11.1 Å². The highest BCUT2D eigenvalue weighted by molar-refractivity contribution is 8.02. The molecular formula is C24H24N8O6S2. The highest BCUT2D eigenvalue weighted by Crippen LogP contribution is 2.30. The van der Waals surface area contributed by atoms with Crippen molar-refractivity contribution in [1.82, 2.24) is 28.2 Å². The number of para-hydroxylation sites is 2. The molecule has 0 aliphatic carbocycles. The van der Waals surface area contributed by atoms with Crippen LogP contribution in [0.25, 0.3) is 11.0 Å². The van der Waals surface area contributed by atoms with Gasteiger partial charge in [0.05, 0.1) is 22.5 Å². The van der Waals surface area contributed by atoms with E-state index >= 15 is 0 Å². The summed E-state index contributed by atoms with van der Waals surface area (Å²) in [4.78, 5) is 82.7. The Morgan fingerprint density at radius 1 is 0.675 bits per heavy atom. The van der Waals surface area contributed by atoms with Gasteiger partial charge in [-0.3, -0.25) is 37.4 Å². The molecule has 208 valence electrons. The zero-order valence-electron chi connectivity index (χ0n) is 21.8. The van der Waals surface area contributed by atoms with E-state index < -0.39 is 34.3 Å². The fraction of sp³-hybridized carbons (Fsp3) is 0.250. The van der Waals surface area contributed by atoms with E-state index in [4.69, 9.17) is 0 Å². The summed E-state index contributed by atoms with van der Waals surface area (Å²) >= 11 is 2.14. The number of aromatic nitrogens is 6. The number of hydrogen-bond donors (Lipinski definition) is 2. The zero-order chi connectivity index (χ0) is 29.1. The number of nitrogens with zero attached hydrogens (tertiary/aromatic N) is 6. The molecule has 16 heteroatoms. The summed E-state index contributed by atoms with van der Waals surface area (Å²) in [5.41, 5.74) is -1.10. The van der Waals surface area contributed by atoms with Gasteiger partial charge in [-0.2, -0.15) is 0 Å². The summed E-state index contributed by atoms with van der Waals surface area (Å²) in [5.74, 6) is -1.09. The molecule has 2 N–H and O–H groups in total. The summed E-state index contributed by atoms with van der Waals surface area (Å²) < 4.78 is 4.15. The van der Waals surface area contributed by atoms with Gasteiger partial charge in [-0.1, -0.05) is 35.7 Å². The maximum atomic E-state index is 12.7. The Kier molecular flexibility index (Phi) is 8.39. The minimum Gasteiger partial charge on any atom is -0.311 e. The van der Waals surface area contributed by atoms with Crippen molar-refractivity contribution in [2.24, 2.45) is 28.2 Å². The smallest absolute Gasteiger partial charge is 0.311 e. The van der Waals surface area contributed by atoms with Crippen LogP contribution in [-0.4, -0.2) is 51.6 Å². The second-order valence-corrected chi connectivity index (χ2v) is 10.5. The molecule has 14 nitrogen and oxygen atoms in total. The molecule has 0 spiro atoms. The van der Waals surface area contributed by atoms with E-state index in [0.29, 0.717) is 21.1 Å². The fourth-order valence-corrected chi connectivity index (χ4v) is 5.18. The number of thioether (sulfide) groups is 2. The summed E-state index contributed by atoms with van der Waals surface area (Å²) in [5, 5.41) is 5.90. The van der Waals surface area contributed by atoms with Crippen molar-refractivity contribution in [2.75, 3.05) is 22.1 Å². The van der Waals surface area contributed by atoms with Crippen LogP contribution in [0.2, 0.25) is 0 Å². The Labute approximate surface area is 234 Å². The van der Waals surface area contributed by atoms with Crippen molar-refractivity contribution in [3.05, 3.63) is 78.1 Å². The van der Waals surface area contributed by atoms with Crippen LogP contribution in [0.4, 0.5) is 11.6 Å². The summed E-state index contributed by atoms with van der Waals surface area (Å²) in [6.07, 6.45) is 0. The maximum absolute atomic E-state index is 12.7. The Balaban J connectivity index is 1.50. The van der Waals surface area contributed by atoms with Gasteiger partial charge >= 0.3 is 11.4 Å². The quantitative estimate of drug-likeness (QED) is 0.266. The number of carbonyl (C=O) groups is 2. The van der Waals surface area contributed by atoms with Crippen molar-refractivity contribution in [1.29, 1.82) is 0 Å². The van der Waals surface area contributed by atoms with Gasteiger partial charge in [0, 0.05) is 40.3 Å². The molecule has 0 radical (unpaired) electrons. The van der Waals surface area contributed by atoms with Gasteiger partial charge in [-0.15, -0.1) is 0 Å².